The first-order valence-electron chi connectivity index (χ1n) is 6.71. The van der Waals surface area contributed by atoms with E-state index in [9.17, 15) is 9.90 Å². The van der Waals surface area contributed by atoms with E-state index in [4.69, 9.17) is 11.6 Å². The standard InChI is InChI=1S/C14H19ClN2O2S/c1-2-20-13-4-3-10(15)5-11(13)14(19)17-7-9-6-16-8-12(9)18/h3-5,9,12,16,18H,2,6-8H2,1H3,(H,17,19). The second kappa shape index (κ2) is 7.31. The van der Waals surface area contributed by atoms with Crippen molar-refractivity contribution < 1.29 is 9.90 Å². The summed E-state index contributed by atoms with van der Waals surface area (Å²) in [6, 6.07) is 5.36. The van der Waals surface area contributed by atoms with Gasteiger partial charge >= 0.3 is 0 Å². The summed E-state index contributed by atoms with van der Waals surface area (Å²) in [4.78, 5) is 13.2. The molecule has 4 nitrogen and oxygen atoms in total. The third-order valence-electron chi connectivity index (χ3n) is 3.32. The van der Waals surface area contributed by atoms with Gasteiger partial charge in [-0.25, -0.2) is 0 Å². The SMILES string of the molecule is CCSc1ccc(Cl)cc1C(=O)NCC1CNCC1O. The Morgan fingerprint density at radius 2 is 2.35 bits per heavy atom. The number of carbonyl (C=O) groups is 1. The molecule has 1 amide bonds. The van der Waals surface area contributed by atoms with Gasteiger partial charge in [0.05, 0.1) is 11.7 Å². The first-order valence-corrected chi connectivity index (χ1v) is 8.07. The van der Waals surface area contributed by atoms with Crippen LogP contribution in [0.15, 0.2) is 23.1 Å². The molecule has 3 N–H and O–H groups in total. The second-order valence-corrected chi connectivity index (χ2v) is 6.51. The molecule has 0 bridgehead atoms. The van der Waals surface area contributed by atoms with Crippen molar-refractivity contribution in [2.75, 3.05) is 25.4 Å². The Morgan fingerprint density at radius 1 is 1.55 bits per heavy atom. The van der Waals surface area contributed by atoms with Gasteiger partial charge in [-0.1, -0.05) is 18.5 Å². The monoisotopic (exact) mass is 314 g/mol. The molecule has 1 aromatic rings. The van der Waals surface area contributed by atoms with Crippen molar-refractivity contribution in [3.63, 3.8) is 0 Å². The number of benzene rings is 1. The molecule has 2 atom stereocenters. The molecular formula is C14H19ClN2O2S. The van der Waals surface area contributed by atoms with Crippen molar-refractivity contribution in [2.24, 2.45) is 5.92 Å². The normalized spacial score (nSPS) is 21.9. The van der Waals surface area contributed by atoms with Gasteiger partial charge in [0.1, 0.15) is 0 Å². The molecule has 1 aliphatic heterocycles. The minimum absolute atomic E-state index is 0.0698. The second-order valence-electron chi connectivity index (χ2n) is 4.77. The highest BCUT2D eigenvalue weighted by atomic mass is 35.5. The largest absolute Gasteiger partial charge is 0.391 e. The van der Waals surface area contributed by atoms with E-state index in [0.717, 1.165) is 17.2 Å². The molecule has 2 rings (SSSR count). The summed E-state index contributed by atoms with van der Waals surface area (Å²) < 4.78 is 0. The smallest absolute Gasteiger partial charge is 0.252 e. The van der Waals surface area contributed by atoms with Crippen LogP contribution in [0.1, 0.15) is 17.3 Å². The summed E-state index contributed by atoms with van der Waals surface area (Å²) in [5, 5.41) is 16.3. The lowest BCUT2D eigenvalue weighted by molar-refractivity contribution is 0.0924. The van der Waals surface area contributed by atoms with E-state index in [1.807, 2.05) is 13.0 Å². The van der Waals surface area contributed by atoms with Crippen LogP contribution < -0.4 is 10.6 Å². The fourth-order valence-electron chi connectivity index (χ4n) is 2.21. The number of halogens is 1. The number of carbonyl (C=O) groups excluding carboxylic acids is 1. The summed E-state index contributed by atoms with van der Waals surface area (Å²) in [6.07, 6.45) is -0.390. The number of nitrogens with one attached hydrogen (secondary N) is 2. The number of aliphatic hydroxyl groups excluding tert-OH is 1. The van der Waals surface area contributed by atoms with Gasteiger partial charge < -0.3 is 15.7 Å². The minimum Gasteiger partial charge on any atom is -0.391 e. The maximum Gasteiger partial charge on any atom is 0.252 e. The molecule has 1 heterocycles. The summed E-state index contributed by atoms with van der Waals surface area (Å²) >= 11 is 7.59. The molecule has 0 aliphatic carbocycles. The molecule has 0 spiro atoms. The number of thioether (sulfide) groups is 1. The van der Waals surface area contributed by atoms with Crippen LogP contribution >= 0.6 is 23.4 Å². The Kier molecular flexibility index (Phi) is 5.72. The average molecular weight is 315 g/mol. The van der Waals surface area contributed by atoms with Crippen molar-refractivity contribution in [3.05, 3.63) is 28.8 Å². The zero-order valence-electron chi connectivity index (χ0n) is 11.4. The maximum atomic E-state index is 12.3. The number of hydrogen-bond acceptors (Lipinski definition) is 4. The van der Waals surface area contributed by atoms with Crippen molar-refractivity contribution in [2.45, 2.75) is 17.9 Å². The third-order valence-corrected chi connectivity index (χ3v) is 4.51. The van der Waals surface area contributed by atoms with Crippen molar-refractivity contribution >= 4 is 29.3 Å². The lowest BCUT2D eigenvalue weighted by Crippen LogP contribution is -2.34. The Labute approximate surface area is 128 Å². The Morgan fingerprint density at radius 3 is 3.00 bits per heavy atom. The molecule has 0 saturated carbocycles. The topological polar surface area (TPSA) is 61.4 Å². The first kappa shape index (κ1) is 15.6. The first-order chi connectivity index (χ1) is 9.61. The van der Waals surface area contributed by atoms with Gasteiger partial charge in [0.25, 0.3) is 5.91 Å². The summed E-state index contributed by atoms with van der Waals surface area (Å²) in [5.74, 6) is 0.829. The fraction of sp³-hybridized carbons (Fsp3) is 0.500. The Bertz CT molecular complexity index is 484. The Balaban J connectivity index is 2.02. The lowest BCUT2D eigenvalue weighted by atomic mass is 10.1. The van der Waals surface area contributed by atoms with Crippen LogP contribution in [0.3, 0.4) is 0 Å². The number of β-amino-alcohol motifs (C(OH)–C–C–N with tert-alkyl or cyclic N) is 1. The van der Waals surface area contributed by atoms with E-state index in [1.165, 1.54) is 0 Å². The number of hydrogen-bond donors (Lipinski definition) is 3. The van der Waals surface area contributed by atoms with Crippen LogP contribution in [0.2, 0.25) is 5.02 Å². The van der Waals surface area contributed by atoms with Gasteiger partial charge in [-0.15, -0.1) is 11.8 Å². The van der Waals surface area contributed by atoms with Crippen molar-refractivity contribution in [1.82, 2.24) is 10.6 Å². The summed E-state index contributed by atoms with van der Waals surface area (Å²) in [6.45, 7) is 3.83. The van der Waals surface area contributed by atoms with Crippen LogP contribution in [-0.2, 0) is 0 Å². The van der Waals surface area contributed by atoms with E-state index < -0.39 is 0 Å². The quantitative estimate of drug-likeness (QED) is 0.725. The molecule has 1 fully saturated rings. The van der Waals surface area contributed by atoms with E-state index in [0.29, 0.717) is 23.7 Å². The molecular weight excluding hydrogens is 296 g/mol. The Hall–Kier alpha value is -0.750. The van der Waals surface area contributed by atoms with Crippen LogP contribution in [0, 0.1) is 5.92 Å². The van der Waals surface area contributed by atoms with Gasteiger partial charge in [-0.05, 0) is 24.0 Å². The van der Waals surface area contributed by atoms with Gasteiger partial charge in [-0.3, -0.25) is 4.79 Å². The molecule has 6 heteroatoms. The van der Waals surface area contributed by atoms with E-state index in [-0.39, 0.29) is 17.9 Å². The summed E-state index contributed by atoms with van der Waals surface area (Å²) in [5.41, 5.74) is 0.602. The van der Waals surface area contributed by atoms with E-state index in [2.05, 4.69) is 10.6 Å². The highest BCUT2D eigenvalue weighted by Gasteiger charge is 2.25. The van der Waals surface area contributed by atoms with Gasteiger partial charge in [0.15, 0.2) is 0 Å². The molecule has 2 unspecified atom stereocenters. The van der Waals surface area contributed by atoms with Crippen LogP contribution in [-0.4, -0.2) is 42.5 Å². The molecule has 0 radical (unpaired) electrons. The predicted octanol–water partition coefficient (Wildman–Crippen LogP) is 1.76. The average Bonchev–Trinajstić information content (AvgIpc) is 2.84. The third kappa shape index (κ3) is 3.88. The van der Waals surface area contributed by atoms with Crippen LogP contribution in [0.25, 0.3) is 0 Å². The predicted molar refractivity (Wildman–Crippen MR) is 82.5 cm³/mol. The van der Waals surface area contributed by atoms with Crippen molar-refractivity contribution in [1.29, 1.82) is 0 Å². The molecule has 1 aliphatic rings. The van der Waals surface area contributed by atoms with Gasteiger partial charge in [0, 0.05) is 35.5 Å². The maximum absolute atomic E-state index is 12.3. The van der Waals surface area contributed by atoms with Crippen LogP contribution in [0.4, 0.5) is 0 Å². The van der Waals surface area contributed by atoms with Gasteiger partial charge in [-0.2, -0.15) is 0 Å². The fourth-order valence-corrected chi connectivity index (χ4v) is 3.16. The molecule has 20 heavy (non-hydrogen) atoms. The van der Waals surface area contributed by atoms with Crippen LogP contribution in [0.5, 0.6) is 0 Å². The molecule has 1 aromatic carbocycles. The number of amides is 1. The zero-order chi connectivity index (χ0) is 14.5. The van der Waals surface area contributed by atoms with E-state index >= 15 is 0 Å². The number of rotatable bonds is 5. The molecule has 0 aromatic heterocycles. The van der Waals surface area contributed by atoms with E-state index in [1.54, 1.807) is 23.9 Å². The zero-order valence-corrected chi connectivity index (χ0v) is 12.9. The highest BCUT2D eigenvalue weighted by Crippen LogP contribution is 2.25. The number of aliphatic hydroxyl groups is 1. The molecule has 110 valence electrons. The van der Waals surface area contributed by atoms with Gasteiger partial charge in [0.2, 0.25) is 0 Å². The lowest BCUT2D eigenvalue weighted by Gasteiger charge is -2.15. The minimum atomic E-state index is -0.390. The molecule has 1 saturated heterocycles. The van der Waals surface area contributed by atoms with Crippen molar-refractivity contribution in [3.8, 4) is 0 Å². The highest BCUT2D eigenvalue weighted by molar-refractivity contribution is 7.99. The summed E-state index contributed by atoms with van der Waals surface area (Å²) in [7, 11) is 0.